The van der Waals surface area contributed by atoms with Crippen LogP contribution in [-0.4, -0.2) is 25.0 Å². The van der Waals surface area contributed by atoms with E-state index in [0.29, 0.717) is 12.0 Å². The summed E-state index contributed by atoms with van der Waals surface area (Å²) < 4.78 is 0. The van der Waals surface area contributed by atoms with Gasteiger partial charge in [-0.15, -0.1) is 0 Å². The van der Waals surface area contributed by atoms with Crippen LogP contribution in [0.15, 0.2) is 0 Å². The number of rotatable bonds is 0. The molecule has 0 aromatic rings. The van der Waals surface area contributed by atoms with Gasteiger partial charge < -0.3 is 10.6 Å². The number of amides is 1. The Morgan fingerprint density at radius 1 is 1.50 bits per heavy atom. The Morgan fingerprint density at radius 3 is 3.20 bits per heavy atom. The number of carbonyl (C=O) groups excluding carboxylic acids is 1. The van der Waals surface area contributed by atoms with Crippen molar-refractivity contribution in [3.8, 4) is 0 Å². The van der Waals surface area contributed by atoms with Crippen molar-refractivity contribution in [2.75, 3.05) is 13.1 Å². The number of nitrogens with one attached hydrogen (secondary N) is 2. The normalized spacial score (nSPS) is 39.0. The first-order valence-electron chi connectivity index (χ1n) is 3.86. The molecule has 2 atom stereocenters. The molecular formula is C7H12N2O. The molecule has 2 aliphatic heterocycles. The van der Waals surface area contributed by atoms with E-state index < -0.39 is 0 Å². The van der Waals surface area contributed by atoms with E-state index in [1.165, 1.54) is 0 Å². The van der Waals surface area contributed by atoms with Crippen molar-refractivity contribution in [1.29, 1.82) is 0 Å². The first-order valence-corrected chi connectivity index (χ1v) is 3.86. The Labute approximate surface area is 60.2 Å². The Morgan fingerprint density at radius 2 is 2.40 bits per heavy atom. The van der Waals surface area contributed by atoms with E-state index in [9.17, 15) is 4.79 Å². The highest BCUT2D eigenvalue weighted by atomic mass is 16.2. The molecule has 2 heterocycles. The van der Waals surface area contributed by atoms with E-state index in [0.717, 1.165) is 25.9 Å². The van der Waals surface area contributed by atoms with Gasteiger partial charge in [0, 0.05) is 24.9 Å². The predicted octanol–water partition coefficient (Wildman–Crippen LogP) is -0.516. The van der Waals surface area contributed by atoms with Crippen LogP contribution in [0.2, 0.25) is 0 Å². The maximum Gasteiger partial charge on any atom is 0.220 e. The van der Waals surface area contributed by atoms with Gasteiger partial charge in [0.25, 0.3) is 0 Å². The molecule has 0 saturated carbocycles. The van der Waals surface area contributed by atoms with Gasteiger partial charge in [-0.05, 0) is 13.0 Å². The standard InChI is InChI=1S/C7H12N2O/c10-7-3-5-4-8-2-1-6(5)9-7/h5-6,8H,1-4H2,(H,9,10). The molecule has 0 bridgehead atoms. The lowest BCUT2D eigenvalue weighted by Gasteiger charge is -2.24. The molecule has 2 rings (SSSR count). The third kappa shape index (κ3) is 0.904. The largest absolute Gasteiger partial charge is 0.353 e. The van der Waals surface area contributed by atoms with Gasteiger partial charge in [0.1, 0.15) is 0 Å². The molecule has 2 fully saturated rings. The van der Waals surface area contributed by atoms with Crippen molar-refractivity contribution in [3.05, 3.63) is 0 Å². The highest BCUT2D eigenvalue weighted by Crippen LogP contribution is 2.20. The Hall–Kier alpha value is -0.570. The van der Waals surface area contributed by atoms with Crippen LogP contribution >= 0.6 is 0 Å². The smallest absolute Gasteiger partial charge is 0.220 e. The summed E-state index contributed by atoms with van der Waals surface area (Å²) in [7, 11) is 0. The average Bonchev–Trinajstić information content (AvgIpc) is 2.27. The van der Waals surface area contributed by atoms with Gasteiger partial charge in [-0.3, -0.25) is 4.79 Å². The van der Waals surface area contributed by atoms with Crippen LogP contribution in [0.4, 0.5) is 0 Å². The summed E-state index contributed by atoms with van der Waals surface area (Å²) in [4.78, 5) is 10.9. The first-order chi connectivity index (χ1) is 4.86. The predicted molar refractivity (Wildman–Crippen MR) is 37.5 cm³/mol. The van der Waals surface area contributed by atoms with Crippen LogP contribution in [0, 0.1) is 5.92 Å². The number of hydrogen-bond donors (Lipinski definition) is 2. The molecule has 2 saturated heterocycles. The van der Waals surface area contributed by atoms with Crippen molar-refractivity contribution in [2.24, 2.45) is 5.92 Å². The van der Waals surface area contributed by atoms with Crippen molar-refractivity contribution in [1.82, 2.24) is 10.6 Å². The minimum Gasteiger partial charge on any atom is -0.353 e. The second-order valence-corrected chi connectivity index (χ2v) is 3.13. The van der Waals surface area contributed by atoms with Crippen LogP contribution < -0.4 is 10.6 Å². The van der Waals surface area contributed by atoms with Crippen molar-refractivity contribution < 1.29 is 4.79 Å². The minimum atomic E-state index is 0.235. The van der Waals surface area contributed by atoms with Crippen LogP contribution in [0.1, 0.15) is 12.8 Å². The monoisotopic (exact) mass is 140 g/mol. The molecule has 0 radical (unpaired) electrons. The van der Waals surface area contributed by atoms with E-state index in [4.69, 9.17) is 0 Å². The second kappa shape index (κ2) is 2.23. The average molecular weight is 140 g/mol. The van der Waals surface area contributed by atoms with Gasteiger partial charge in [0.15, 0.2) is 0 Å². The zero-order valence-corrected chi connectivity index (χ0v) is 5.89. The van der Waals surface area contributed by atoms with Gasteiger partial charge in [0.05, 0.1) is 0 Å². The summed E-state index contributed by atoms with van der Waals surface area (Å²) >= 11 is 0. The quantitative estimate of drug-likeness (QED) is 0.475. The molecule has 2 unspecified atom stereocenters. The Balaban J connectivity index is 2.04. The molecule has 0 aromatic heterocycles. The molecule has 3 nitrogen and oxygen atoms in total. The SMILES string of the molecule is O=C1CC2CNCCC2N1. The van der Waals surface area contributed by atoms with Gasteiger partial charge in [-0.2, -0.15) is 0 Å². The highest BCUT2D eigenvalue weighted by molar-refractivity contribution is 5.79. The maximum absolute atomic E-state index is 10.9. The van der Waals surface area contributed by atoms with Gasteiger partial charge in [0.2, 0.25) is 5.91 Å². The third-order valence-electron chi connectivity index (χ3n) is 2.40. The summed E-state index contributed by atoms with van der Waals surface area (Å²) in [6.07, 6.45) is 1.84. The summed E-state index contributed by atoms with van der Waals surface area (Å²) in [5.41, 5.74) is 0. The fourth-order valence-corrected chi connectivity index (χ4v) is 1.83. The summed E-state index contributed by atoms with van der Waals surface area (Å²) in [5, 5.41) is 6.26. The minimum absolute atomic E-state index is 0.235. The van der Waals surface area contributed by atoms with Crippen molar-refractivity contribution in [3.63, 3.8) is 0 Å². The number of piperidine rings is 1. The lowest BCUT2D eigenvalue weighted by molar-refractivity contribution is -0.119. The molecule has 0 aromatic carbocycles. The molecular weight excluding hydrogens is 128 g/mol. The zero-order valence-electron chi connectivity index (χ0n) is 5.89. The molecule has 56 valence electrons. The second-order valence-electron chi connectivity index (χ2n) is 3.13. The molecule has 2 N–H and O–H groups in total. The topological polar surface area (TPSA) is 41.1 Å². The fraction of sp³-hybridized carbons (Fsp3) is 0.857. The summed E-state index contributed by atoms with van der Waals surface area (Å²) in [6, 6.07) is 0.480. The van der Waals surface area contributed by atoms with E-state index in [-0.39, 0.29) is 5.91 Å². The van der Waals surface area contributed by atoms with Gasteiger partial charge >= 0.3 is 0 Å². The summed E-state index contributed by atoms with van der Waals surface area (Å²) in [5.74, 6) is 0.806. The van der Waals surface area contributed by atoms with Gasteiger partial charge in [-0.1, -0.05) is 0 Å². The van der Waals surface area contributed by atoms with Crippen LogP contribution in [0.3, 0.4) is 0 Å². The lowest BCUT2D eigenvalue weighted by atomic mass is 9.95. The summed E-state index contributed by atoms with van der Waals surface area (Å²) in [6.45, 7) is 2.07. The third-order valence-corrected chi connectivity index (χ3v) is 2.40. The molecule has 0 spiro atoms. The first kappa shape index (κ1) is 6.16. The van der Waals surface area contributed by atoms with E-state index in [1.807, 2.05) is 0 Å². The van der Waals surface area contributed by atoms with E-state index in [1.54, 1.807) is 0 Å². The van der Waals surface area contributed by atoms with E-state index in [2.05, 4.69) is 10.6 Å². The molecule has 1 amide bonds. The maximum atomic E-state index is 10.9. The number of carbonyl (C=O) groups is 1. The molecule has 10 heavy (non-hydrogen) atoms. The number of fused-ring (bicyclic) bond motifs is 1. The van der Waals surface area contributed by atoms with Crippen LogP contribution in [0.5, 0.6) is 0 Å². The van der Waals surface area contributed by atoms with Crippen molar-refractivity contribution in [2.45, 2.75) is 18.9 Å². The fourth-order valence-electron chi connectivity index (χ4n) is 1.83. The Bertz CT molecular complexity index is 142. The Kier molecular flexibility index (Phi) is 1.38. The molecule has 2 aliphatic rings. The van der Waals surface area contributed by atoms with Crippen molar-refractivity contribution >= 4 is 5.91 Å². The van der Waals surface area contributed by atoms with Gasteiger partial charge in [-0.25, -0.2) is 0 Å². The molecule has 3 heteroatoms. The lowest BCUT2D eigenvalue weighted by Crippen LogP contribution is -2.41. The van der Waals surface area contributed by atoms with E-state index >= 15 is 0 Å². The van der Waals surface area contributed by atoms with Crippen LogP contribution in [0.25, 0.3) is 0 Å². The zero-order chi connectivity index (χ0) is 6.97. The van der Waals surface area contributed by atoms with Crippen LogP contribution in [-0.2, 0) is 4.79 Å². The number of hydrogen-bond acceptors (Lipinski definition) is 2. The molecule has 0 aliphatic carbocycles. The highest BCUT2D eigenvalue weighted by Gasteiger charge is 2.33.